The molecule has 0 aromatic heterocycles. The monoisotopic (exact) mass is 327 g/mol. The Labute approximate surface area is 131 Å². The quantitative estimate of drug-likeness (QED) is 0.781. The Bertz CT molecular complexity index is 634. The highest BCUT2D eigenvalue weighted by Gasteiger charge is 2.38. The van der Waals surface area contributed by atoms with Gasteiger partial charge in [0.1, 0.15) is 5.56 Å². The zero-order chi connectivity index (χ0) is 16.4. The second-order valence-electron chi connectivity index (χ2n) is 5.52. The van der Waals surface area contributed by atoms with Crippen LogP contribution in [0, 0.1) is 0 Å². The smallest absolute Gasteiger partial charge is 0.420 e. The average molecular weight is 327 g/mol. The van der Waals surface area contributed by atoms with Gasteiger partial charge in [-0.1, -0.05) is 0 Å². The van der Waals surface area contributed by atoms with Crippen LogP contribution in [0.15, 0.2) is 18.2 Å². The molecule has 3 rings (SSSR count). The molecule has 0 unspecified atom stereocenters. The lowest BCUT2D eigenvalue weighted by atomic mass is 10.1. The van der Waals surface area contributed by atoms with Crippen LogP contribution in [0.25, 0.3) is 6.08 Å². The number of hydrogen-bond donors (Lipinski definition) is 0. The molecule has 0 aliphatic carbocycles. The third kappa shape index (κ3) is 3.43. The highest BCUT2D eigenvalue weighted by atomic mass is 19.4. The number of ether oxygens (including phenoxy) is 2. The number of carbonyl (C=O) groups is 1. The second-order valence-corrected chi connectivity index (χ2v) is 5.52. The summed E-state index contributed by atoms with van der Waals surface area (Å²) in [5, 5.41) is 0. The SMILES string of the molecule is O=C(/C=C/c1cc2c(c(C(F)(F)F)c1)OCO2)N1CCCCC1. The van der Waals surface area contributed by atoms with E-state index < -0.39 is 11.7 Å². The summed E-state index contributed by atoms with van der Waals surface area (Å²) in [6, 6.07) is 2.41. The van der Waals surface area contributed by atoms with E-state index in [0.29, 0.717) is 13.1 Å². The van der Waals surface area contributed by atoms with Crippen LogP contribution in [0.5, 0.6) is 11.5 Å². The van der Waals surface area contributed by atoms with Crippen molar-refractivity contribution in [3.05, 3.63) is 29.3 Å². The maximum Gasteiger partial charge on any atom is 0.420 e. The van der Waals surface area contributed by atoms with Crippen molar-refractivity contribution in [2.75, 3.05) is 19.9 Å². The maximum absolute atomic E-state index is 13.1. The van der Waals surface area contributed by atoms with Crippen LogP contribution in [0.1, 0.15) is 30.4 Å². The second kappa shape index (κ2) is 6.14. The minimum Gasteiger partial charge on any atom is -0.454 e. The topological polar surface area (TPSA) is 38.8 Å². The Morgan fingerprint density at radius 3 is 2.57 bits per heavy atom. The lowest BCUT2D eigenvalue weighted by Gasteiger charge is -2.25. The van der Waals surface area contributed by atoms with Gasteiger partial charge in [0.2, 0.25) is 12.7 Å². The zero-order valence-corrected chi connectivity index (χ0v) is 12.4. The van der Waals surface area contributed by atoms with Crippen LogP contribution in [0.3, 0.4) is 0 Å². The number of alkyl halides is 3. The molecule has 1 aromatic carbocycles. The van der Waals surface area contributed by atoms with Crippen LogP contribution in [0.4, 0.5) is 13.2 Å². The van der Waals surface area contributed by atoms with Crippen molar-refractivity contribution in [2.45, 2.75) is 25.4 Å². The summed E-state index contributed by atoms with van der Waals surface area (Å²) < 4.78 is 49.2. The van der Waals surface area contributed by atoms with E-state index in [2.05, 4.69) is 0 Å². The summed E-state index contributed by atoms with van der Waals surface area (Å²) in [6.07, 6.45) is 1.17. The summed E-state index contributed by atoms with van der Waals surface area (Å²) in [5.41, 5.74) is -0.635. The van der Waals surface area contributed by atoms with Crippen LogP contribution >= 0.6 is 0 Å². The van der Waals surface area contributed by atoms with Gasteiger partial charge >= 0.3 is 6.18 Å². The van der Waals surface area contributed by atoms with E-state index in [4.69, 9.17) is 9.47 Å². The van der Waals surface area contributed by atoms with Crippen LogP contribution in [-0.4, -0.2) is 30.7 Å². The molecule has 1 saturated heterocycles. The van der Waals surface area contributed by atoms with Crippen LogP contribution in [-0.2, 0) is 11.0 Å². The fourth-order valence-corrected chi connectivity index (χ4v) is 2.73. The van der Waals surface area contributed by atoms with Gasteiger partial charge in [-0.25, -0.2) is 0 Å². The van der Waals surface area contributed by atoms with E-state index in [1.807, 2.05) is 0 Å². The van der Waals surface area contributed by atoms with Crippen LogP contribution < -0.4 is 9.47 Å². The molecule has 23 heavy (non-hydrogen) atoms. The van der Waals surface area contributed by atoms with Crippen molar-refractivity contribution in [1.29, 1.82) is 0 Å². The molecule has 1 fully saturated rings. The fraction of sp³-hybridized carbons (Fsp3) is 0.438. The molecule has 0 atom stereocenters. The standard InChI is InChI=1S/C16H16F3NO3/c17-16(18,19)12-8-11(9-13-15(12)23-10-22-13)4-5-14(21)20-6-2-1-3-7-20/h4-5,8-9H,1-3,6-7,10H2/b5-4+. The number of nitrogens with zero attached hydrogens (tertiary/aromatic N) is 1. The maximum atomic E-state index is 13.1. The predicted molar refractivity (Wildman–Crippen MR) is 77.0 cm³/mol. The first-order valence-corrected chi connectivity index (χ1v) is 7.43. The number of hydrogen-bond acceptors (Lipinski definition) is 3. The van der Waals surface area contributed by atoms with E-state index in [9.17, 15) is 18.0 Å². The zero-order valence-electron chi connectivity index (χ0n) is 12.4. The number of rotatable bonds is 2. The van der Waals surface area contributed by atoms with Crippen molar-refractivity contribution in [2.24, 2.45) is 0 Å². The highest BCUT2D eigenvalue weighted by Crippen LogP contribution is 2.45. The third-order valence-corrected chi connectivity index (χ3v) is 3.89. The van der Waals surface area contributed by atoms with E-state index in [1.165, 1.54) is 18.2 Å². The number of halogens is 3. The van der Waals surface area contributed by atoms with Crippen LogP contribution in [0.2, 0.25) is 0 Å². The van der Waals surface area contributed by atoms with E-state index >= 15 is 0 Å². The molecule has 0 saturated carbocycles. The van der Waals surface area contributed by atoms with Gasteiger partial charge in [0.15, 0.2) is 11.5 Å². The van der Waals surface area contributed by atoms with Crippen molar-refractivity contribution in [3.63, 3.8) is 0 Å². The molecule has 0 N–H and O–H groups in total. The Hall–Kier alpha value is -2.18. The summed E-state index contributed by atoms with van der Waals surface area (Å²) in [7, 11) is 0. The molecule has 0 radical (unpaired) electrons. The Kier molecular flexibility index (Phi) is 4.19. The molecule has 0 spiro atoms. The lowest BCUT2D eigenvalue weighted by Crippen LogP contribution is -2.34. The van der Waals surface area contributed by atoms with E-state index in [1.54, 1.807) is 4.90 Å². The van der Waals surface area contributed by atoms with E-state index in [-0.39, 0.29) is 29.8 Å². The van der Waals surface area contributed by atoms with Crippen molar-refractivity contribution in [3.8, 4) is 11.5 Å². The van der Waals surface area contributed by atoms with Gasteiger partial charge in [-0.3, -0.25) is 4.79 Å². The van der Waals surface area contributed by atoms with Gasteiger partial charge in [0.05, 0.1) is 0 Å². The molecule has 7 heteroatoms. The highest BCUT2D eigenvalue weighted by molar-refractivity contribution is 5.92. The summed E-state index contributed by atoms with van der Waals surface area (Å²) in [4.78, 5) is 13.8. The molecule has 1 aromatic rings. The summed E-state index contributed by atoms with van der Waals surface area (Å²) in [6.45, 7) is 1.15. The number of fused-ring (bicyclic) bond motifs is 1. The van der Waals surface area contributed by atoms with Gasteiger partial charge in [-0.05, 0) is 43.0 Å². The summed E-state index contributed by atoms with van der Waals surface area (Å²) in [5.74, 6) is -0.433. The third-order valence-electron chi connectivity index (χ3n) is 3.89. The largest absolute Gasteiger partial charge is 0.454 e. The Morgan fingerprint density at radius 2 is 1.87 bits per heavy atom. The molecule has 0 bridgehead atoms. The molecule has 1 amide bonds. The van der Waals surface area contributed by atoms with Gasteiger partial charge in [-0.15, -0.1) is 0 Å². The van der Waals surface area contributed by atoms with E-state index in [0.717, 1.165) is 25.3 Å². The minimum absolute atomic E-state index is 0.0462. The first-order valence-electron chi connectivity index (χ1n) is 7.43. The van der Waals surface area contributed by atoms with Gasteiger partial charge < -0.3 is 14.4 Å². The normalized spacial score (nSPS) is 17.8. The molecule has 124 valence electrons. The van der Waals surface area contributed by atoms with Crippen molar-refractivity contribution < 1.29 is 27.4 Å². The van der Waals surface area contributed by atoms with Crippen molar-refractivity contribution >= 4 is 12.0 Å². The number of amides is 1. The average Bonchev–Trinajstić information content (AvgIpc) is 3.00. The number of piperidine rings is 1. The van der Waals surface area contributed by atoms with Gasteiger partial charge in [0.25, 0.3) is 0 Å². The number of likely N-dealkylation sites (tertiary alicyclic amines) is 1. The first kappa shape index (κ1) is 15.7. The fourth-order valence-electron chi connectivity index (χ4n) is 2.73. The minimum atomic E-state index is -4.54. The molecule has 2 heterocycles. The molecular weight excluding hydrogens is 311 g/mol. The van der Waals surface area contributed by atoms with Crippen molar-refractivity contribution in [1.82, 2.24) is 4.90 Å². The summed E-state index contributed by atoms with van der Waals surface area (Å²) >= 11 is 0. The molecule has 2 aliphatic heterocycles. The lowest BCUT2D eigenvalue weighted by molar-refractivity contribution is -0.138. The molecule has 2 aliphatic rings. The Morgan fingerprint density at radius 1 is 1.13 bits per heavy atom. The predicted octanol–water partition coefficient (Wildman–Crippen LogP) is 3.46. The molecule has 4 nitrogen and oxygen atoms in total. The first-order chi connectivity index (χ1) is 10.9. The van der Waals surface area contributed by atoms with Gasteiger partial charge in [-0.2, -0.15) is 13.2 Å². The van der Waals surface area contributed by atoms with Gasteiger partial charge in [0, 0.05) is 19.2 Å². The Balaban J connectivity index is 1.83. The molecular formula is C16H16F3NO3. The number of carbonyl (C=O) groups excluding carboxylic acids is 1. The number of benzene rings is 1.